The number of nitrogens with zero attached hydrogens (tertiary/aromatic N) is 2. The monoisotopic (exact) mass is 431 g/mol. The van der Waals surface area contributed by atoms with Gasteiger partial charge >= 0.3 is 6.18 Å². The fourth-order valence-electron chi connectivity index (χ4n) is 3.20. The van der Waals surface area contributed by atoms with Crippen LogP contribution < -0.4 is 10.6 Å². The van der Waals surface area contributed by atoms with Crippen molar-refractivity contribution in [2.24, 2.45) is 0 Å². The number of nitrogens with one attached hydrogen (secondary N) is 3. The van der Waals surface area contributed by atoms with Crippen molar-refractivity contribution in [3.8, 4) is 0 Å². The van der Waals surface area contributed by atoms with E-state index in [4.69, 9.17) is 0 Å². The molecule has 9 heteroatoms. The van der Waals surface area contributed by atoms with E-state index in [0.29, 0.717) is 17.5 Å². The van der Waals surface area contributed by atoms with Gasteiger partial charge in [0.15, 0.2) is 0 Å². The number of carbonyl (C=O) groups is 1. The van der Waals surface area contributed by atoms with Gasteiger partial charge in [0.2, 0.25) is 0 Å². The molecule has 3 aromatic rings. The fourth-order valence-corrected chi connectivity index (χ4v) is 3.20. The Bertz CT molecular complexity index is 945. The second kappa shape index (κ2) is 10.6. The maximum atomic E-state index is 13.1. The molecule has 3 rings (SSSR count). The highest BCUT2D eigenvalue weighted by molar-refractivity contribution is 5.93. The normalized spacial score (nSPS) is 12.4. The molecular formula is C22H24F3N5O. The van der Waals surface area contributed by atoms with Gasteiger partial charge in [0.05, 0.1) is 23.4 Å². The van der Waals surface area contributed by atoms with E-state index in [1.54, 1.807) is 12.3 Å². The molecule has 0 saturated carbocycles. The number of anilines is 1. The molecule has 1 aromatic carbocycles. The molecule has 1 amide bonds. The summed E-state index contributed by atoms with van der Waals surface area (Å²) in [5.74, 6) is 0.421. The van der Waals surface area contributed by atoms with Crippen molar-refractivity contribution >= 4 is 11.7 Å². The summed E-state index contributed by atoms with van der Waals surface area (Å²) in [6.07, 6.45) is 3.10. The van der Waals surface area contributed by atoms with Crippen molar-refractivity contribution in [1.82, 2.24) is 20.5 Å². The average molecular weight is 431 g/mol. The van der Waals surface area contributed by atoms with Gasteiger partial charge < -0.3 is 10.6 Å². The number of amides is 1. The molecule has 0 bridgehead atoms. The van der Waals surface area contributed by atoms with E-state index in [0.717, 1.165) is 43.8 Å². The highest BCUT2D eigenvalue weighted by Gasteiger charge is 2.31. The molecule has 0 aliphatic carbocycles. The number of H-pyrrole nitrogens is 1. The zero-order valence-corrected chi connectivity index (χ0v) is 16.8. The highest BCUT2D eigenvalue weighted by atomic mass is 19.4. The summed E-state index contributed by atoms with van der Waals surface area (Å²) < 4.78 is 39.4. The van der Waals surface area contributed by atoms with E-state index in [2.05, 4.69) is 25.8 Å². The molecule has 0 saturated heterocycles. The van der Waals surface area contributed by atoms with Crippen molar-refractivity contribution < 1.29 is 18.0 Å². The number of unbranched alkanes of at least 4 members (excludes halogenated alkanes) is 2. The third-order valence-corrected chi connectivity index (χ3v) is 4.82. The number of halogens is 3. The third kappa shape index (κ3) is 6.84. The van der Waals surface area contributed by atoms with Crippen LogP contribution >= 0.6 is 0 Å². The van der Waals surface area contributed by atoms with Gasteiger partial charge in [0, 0.05) is 18.9 Å². The maximum absolute atomic E-state index is 13.1. The third-order valence-electron chi connectivity index (χ3n) is 4.82. The Morgan fingerprint density at radius 2 is 1.97 bits per heavy atom. The minimum absolute atomic E-state index is 0.330. The molecule has 0 spiro atoms. The minimum Gasteiger partial charge on any atom is -0.370 e. The molecular weight excluding hydrogens is 407 g/mol. The summed E-state index contributed by atoms with van der Waals surface area (Å²) in [5, 5.41) is 12.4. The average Bonchev–Trinajstić information content (AvgIpc) is 3.30. The fraction of sp³-hybridized carbons (Fsp3) is 0.318. The van der Waals surface area contributed by atoms with Crippen molar-refractivity contribution in [3.63, 3.8) is 0 Å². The number of alkyl halides is 3. The zero-order valence-electron chi connectivity index (χ0n) is 16.8. The second-order valence-electron chi connectivity index (χ2n) is 7.13. The lowest BCUT2D eigenvalue weighted by Crippen LogP contribution is -2.28. The number of pyridine rings is 1. The number of aromatic amines is 1. The van der Waals surface area contributed by atoms with Crippen LogP contribution in [0.15, 0.2) is 61.1 Å². The van der Waals surface area contributed by atoms with Crippen LogP contribution in [0, 0.1) is 0 Å². The summed E-state index contributed by atoms with van der Waals surface area (Å²) in [6.45, 7) is 0.743. The predicted molar refractivity (Wildman–Crippen MR) is 111 cm³/mol. The van der Waals surface area contributed by atoms with Gasteiger partial charge in [-0.3, -0.25) is 9.89 Å². The van der Waals surface area contributed by atoms with E-state index >= 15 is 0 Å². The van der Waals surface area contributed by atoms with Crippen LogP contribution in [0.4, 0.5) is 19.0 Å². The number of hydrogen-bond donors (Lipinski definition) is 3. The van der Waals surface area contributed by atoms with Gasteiger partial charge in [-0.1, -0.05) is 31.0 Å². The highest BCUT2D eigenvalue weighted by Crippen LogP contribution is 2.31. The Labute approximate surface area is 178 Å². The smallest absolute Gasteiger partial charge is 0.370 e. The number of carbonyl (C=O) groups excluding carboxylic acids is 1. The van der Waals surface area contributed by atoms with Gasteiger partial charge in [-0.15, -0.1) is 0 Å². The van der Waals surface area contributed by atoms with E-state index in [-0.39, 0.29) is 5.91 Å². The topological polar surface area (TPSA) is 82.7 Å². The minimum atomic E-state index is -4.44. The number of benzene rings is 1. The SMILES string of the molecule is O=C(N[C@@H](CCCCCNc1ccccn1)c1cccc(C(F)(F)F)c1)c1cn[nH]c1. The Morgan fingerprint density at radius 1 is 1.10 bits per heavy atom. The van der Waals surface area contributed by atoms with Gasteiger partial charge in [0.25, 0.3) is 5.91 Å². The first-order valence-corrected chi connectivity index (χ1v) is 10.0. The summed E-state index contributed by atoms with van der Waals surface area (Å²) in [4.78, 5) is 16.6. The van der Waals surface area contributed by atoms with Crippen LogP contribution in [0.3, 0.4) is 0 Å². The van der Waals surface area contributed by atoms with Crippen LogP contribution in [0.2, 0.25) is 0 Å². The molecule has 2 aromatic heterocycles. The van der Waals surface area contributed by atoms with E-state index in [1.807, 2.05) is 18.2 Å². The van der Waals surface area contributed by atoms with Crippen LogP contribution in [-0.2, 0) is 6.18 Å². The lowest BCUT2D eigenvalue weighted by molar-refractivity contribution is -0.137. The molecule has 2 heterocycles. The first kappa shape index (κ1) is 22.3. The molecule has 164 valence electrons. The summed E-state index contributed by atoms with van der Waals surface area (Å²) in [7, 11) is 0. The Balaban J connectivity index is 1.58. The summed E-state index contributed by atoms with van der Waals surface area (Å²) >= 11 is 0. The molecule has 0 unspecified atom stereocenters. The standard InChI is InChI=1S/C22H24F3N5O/c23-22(24,25)18-8-6-7-16(13-18)19(30-21(31)17-14-28-29-15-17)9-2-1-4-11-26-20-10-3-5-12-27-20/h3,5-8,10,12-15,19H,1-2,4,9,11H2,(H,26,27)(H,28,29)(H,30,31)/t19-/m0/s1. The molecule has 0 aliphatic heterocycles. The lowest BCUT2D eigenvalue weighted by atomic mass is 9.98. The molecule has 3 N–H and O–H groups in total. The van der Waals surface area contributed by atoms with E-state index < -0.39 is 17.8 Å². The van der Waals surface area contributed by atoms with Gasteiger partial charge in [-0.25, -0.2) is 4.98 Å². The number of hydrogen-bond acceptors (Lipinski definition) is 4. The molecule has 1 atom stereocenters. The molecule has 31 heavy (non-hydrogen) atoms. The quantitative estimate of drug-likeness (QED) is 0.396. The Hall–Kier alpha value is -3.36. The second-order valence-corrected chi connectivity index (χ2v) is 7.13. The van der Waals surface area contributed by atoms with Crippen molar-refractivity contribution in [3.05, 3.63) is 77.7 Å². The first-order valence-electron chi connectivity index (χ1n) is 10.0. The summed E-state index contributed by atoms with van der Waals surface area (Å²) in [5.41, 5.74) is 0.0296. The van der Waals surface area contributed by atoms with Gasteiger partial charge in [0.1, 0.15) is 5.82 Å². The molecule has 0 radical (unpaired) electrons. The van der Waals surface area contributed by atoms with Crippen molar-refractivity contribution in [2.45, 2.75) is 37.9 Å². The maximum Gasteiger partial charge on any atom is 0.416 e. The van der Waals surface area contributed by atoms with Crippen molar-refractivity contribution in [1.29, 1.82) is 0 Å². The van der Waals surface area contributed by atoms with Crippen LogP contribution in [0.25, 0.3) is 0 Å². The van der Waals surface area contributed by atoms with Gasteiger partial charge in [-0.2, -0.15) is 18.3 Å². The first-order chi connectivity index (χ1) is 14.9. The Morgan fingerprint density at radius 3 is 2.68 bits per heavy atom. The Kier molecular flexibility index (Phi) is 7.64. The molecule has 0 fully saturated rings. The van der Waals surface area contributed by atoms with Crippen LogP contribution in [0.1, 0.15) is 53.2 Å². The number of rotatable bonds is 10. The van der Waals surface area contributed by atoms with Crippen molar-refractivity contribution in [2.75, 3.05) is 11.9 Å². The molecule has 0 aliphatic rings. The van der Waals surface area contributed by atoms with Gasteiger partial charge in [-0.05, 0) is 42.7 Å². The zero-order chi connectivity index (χ0) is 22.1. The van der Waals surface area contributed by atoms with E-state index in [9.17, 15) is 18.0 Å². The van der Waals surface area contributed by atoms with Crippen LogP contribution in [-0.4, -0.2) is 27.6 Å². The molecule has 6 nitrogen and oxygen atoms in total. The lowest BCUT2D eigenvalue weighted by Gasteiger charge is -2.20. The number of aromatic nitrogens is 3. The van der Waals surface area contributed by atoms with Crippen LogP contribution in [0.5, 0.6) is 0 Å². The predicted octanol–water partition coefficient (Wildman–Crippen LogP) is 4.97. The summed E-state index contributed by atoms with van der Waals surface area (Å²) in [6, 6.07) is 10.2. The largest absolute Gasteiger partial charge is 0.416 e. The van der Waals surface area contributed by atoms with E-state index in [1.165, 1.54) is 18.5 Å².